The Balaban J connectivity index is 2.18. The maximum absolute atomic E-state index is 11.0. The number of thioether (sulfide) groups is 1. The molecule has 6 heteroatoms. The highest BCUT2D eigenvalue weighted by molar-refractivity contribution is 7.98. The molecule has 98 valence electrons. The molecule has 2 rings (SSSR count). The molecule has 0 atom stereocenters. The summed E-state index contributed by atoms with van der Waals surface area (Å²) >= 11 is 1.43. The molecule has 0 saturated carbocycles. The van der Waals surface area contributed by atoms with E-state index in [4.69, 9.17) is 9.84 Å². The number of aromatic nitrogens is 2. The van der Waals surface area contributed by atoms with Crippen molar-refractivity contribution in [2.24, 2.45) is 0 Å². The summed E-state index contributed by atoms with van der Waals surface area (Å²) in [6.07, 6.45) is 3.33. The third kappa shape index (κ3) is 3.45. The van der Waals surface area contributed by atoms with Gasteiger partial charge >= 0.3 is 5.97 Å². The lowest BCUT2D eigenvalue weighted by atomic mass is 10.1. The second-order valence-electron chi connectivity index (χ2n) is 3.65. The molecule has 0 spiro atoms. The van der Waals surface area contributed by atoms with E-state index >= 15 is 0 Å². The van der Waals surface area contributed by atoms with Gasteiger partial charge in [-0.1, -0.05) is 11.8 Å². The number of carboxylic acids is 1. The van der Waals surface area contributed by atoms with E-state index in [9.17, 15) is 4.79 Å². The second kappa shape index (κ2) is 6.19. The SMILES string of the molecule is COc1ccc(C(=O)O)cc1CSc1ncccn1. The van der Waals surface area contributed by atoms with Gasteiger partial charge in [-0.25, -0.2) is 14.8 Å². The van der Waals surface area contributed by atoms with E-state index in [1.54, 1.807) is 37.7 Å². The van der Waals surface area contributed by atoms with E-state index in [2.05, 4.69) is 9.97 Å². The predicted molar refractivity (Wildman–Crippen MR) is 71.5 cm³/mol. The quantitative estimate of drug-likeness (QED) is 0.668. The maximum atomic E-state index is 11.0. The van der Waals surface area contributed by atoms with Crippen molar-refractivity contribution in [3.63, 3.8) is 0 Å². The molecule has 5 nitrogen and oxygen atoms in total. The summed E-state index contributed by atoms with van der Waals surface area (Å²) in [7, 11) is 1.56. The lowest BCUT2D eigenvalue weighted by Crippen LogP contribution is -1.99. The van der Waals surface area contributed by atoms with Crippen LogP contribution in [0.4, 0.5) is 0 Å². The van der Waals surface area contributed by atoms with Gasteiger partial charge < -0.3 is 9.84 Å². The highest BCUT2D eigenvalue weighted by atomic mass is 32.2. The Morgan fingerprint density at radius 3 is 2.74 bits per heavy atom. The minimum absolute atomic E-state index is 0.241. The Hall–Kier alpha value is -2.08. The fourth-order valence-corrected chi connectivity index (χ4v) is 2.31. The van der Waals surface area contributed by atoms with Crippen molar-refractivity contribution in [3.8, 4) is 5.75 Å². The number of hydrogen-bond acceptors (Lipinski definition) is 5. The Bertz CT molecular complexity index is 575. The number of carbonyl (C=O) groups is 1. The monoisotopic (exact) mass is 276 g/mol. The topological polar surface area (TPSA) is 72.3 Å². The van der Waals surface area contributed by atoms with E-state index in [1.165, 1.54) is 17.8 Å². The largest absolute Gasteiger partial charge is 0.496 e. The van der Waals surface area contributed by atoms with Crippen molar-refractivity contribution >= 4 is 17.7 Å². The summed E-state index contributed by atoms with van der Waals surface area (Å²) in [6.45, 7) is 0. The fourth-order valence-electron chi connectivity index (χ4n) is 1.53. The standard InChI is InChI=1S/C13H12N2O3S/c1-18-11-4-3-9(12(16)17)7-10(11)8-19-13-14-5-2-6-15-13/h2-7H,8H2,1H3,(H,16,17). The van der Waals surface area contributed by atoms with Gasteiger partial charge in [-0.15, -0.1) is 0 Å². The van der Waals surface area contributed by atoms with Gasteiger partial charge in [0.2, 0.25) is 0 Å². The predicted octanol–water partition coefficient (Wildman–Crippen LogP) is 2.48. The molecule has 0 radical (unpaired) electrons. The van der Waals surface area contributed by atoms with E-state index in [-0.39, 0.29) is 5.56 Å². The van der Waals surface area contributed by atoms with Crippen LogP contribution in [0.25, 0.3) is 0 Å². The zero-order valence-electron chi connectivity index (χ0n) is 10.2. The molecule has 0 aliphatic rings. The third-order valence-corrected chi connectivity index (χ3v) is 3.35. The van der Waals surface area contributed by atoms with Crippen LogP contribution in [0.2, 0.25) is 0 Å². The van der Waals surface area contributed by atoms with E-state index < -0.39 is 5.97 Å². The molecule has 0 saturated heterocycles. The van der Waals surface area contributed by atoms with Crippen LogP contribution in [-0.2, 0) is 5.75 Å². The van der Waals surface area contributed by atoms with E-state index in [0.29, 0.717) is 16.7 Å². The highest BCUT2D eigenvalue weighted by Crippen LogP contribution is 2.27. The number of benzene rings is 1. The molecule has 1 aromatic carbocycles. The van der Waals surface area contributed by atoms with Crippen LogP contribution in [0.3, 0.4) is 0 Å². The summed E-state index contributed by atoms with van der Waals surface area (Å²) in [5.41, 5.74) is 1.05. The van der Waals surface area contributed by atoms with Gasteiger partial charge in [0.15, 0.2) is 5.16 Å². The smallest absolute Gasteiger partial charge is 0.335 e. The number of nitrogens with zero attached hydrogens (tertiary/aromatic N) is 2. The minimum Gasteiger partial charge on any atom is -0.496 e. The third-order valence-electron chi connectivity index (χ3n) is 2.43. The molecule has 1 N–H and O–H groups in total. The molecule has 19 heavy (non-hydrogen) atoms. The van der Waals surface area contributed by atoms with Crippen molar-refractivity contribution in [1.29, 1.82) is 0 Å². The molecule has 0 aliphatic carbocycles. The first-order valence-electron chi connectivity index (χ1n) is 5.50. The van der Waals surface area contributed by atoms with Crippen molar-refractivity contribution in [3.05, 3.63) is 47.8 Å². The number of hydrogen-bond donors (Lipinski definition) is 1. The first-order valence-corrected chi connectivity index (χ1v) is 6.49. The maximum Gasteiger partial charge on any atom is 0.335 e. The van der Waals surface area contributed by atoms with Crippen molar-refractivity contribution in [1.82, 2.24) is 9.97 Å². The second-order valence-corrected chi connectivity index (χ2v) is 4.59. The first-order chi connectivity index (χ1) is 9.20. The Labute approximate surface area is 114 Å². The molecular formula is C13H12N2O3S. The first kappa shape index (κ1) is 13.4. The molecule has 0 amide bonds. The molecule has 0 unspecified atom stereocenters. The van der Waals surface area contributed by atoms with Gasteiger partial charge in [-0.2, -0.15) is 0 Å². The zero-order valence-corrected chi connectivity index (χ0v) is 11.1. The average Bonchev–Trinajstić information content (AvgIpc) is 2.45. The van der Waals surface area contributed by atoms with Gasteiger partial charge in [0, 0.05) is 23.7 Å². The number of ether oxygens (including phenoxy) is 1. The molecule has 1 heterocycles. The van der Waals surface area contributed by atoms with Crippen LogP contribution >= 0.6 is 11.8 Å². The number of aromatic carboxylic acids is 1. The average molecular weight is 276 g/mol. The molecule has 1 aromatic heterocycles. The van der Waals surface area contributed by atoms with Crippen molar-refractivity contribution in [2.45, 2.75) is 10.9 Å². The Morgan fingerprint density at radius 2 is 2.11 bits per heavy atom. The Morgan fingerprint density at radius 1 is 1.37 bits per heavy atom. The van der Waals surface area contributed by atoms with Crippen molar-refractivity contribution < 1.29 is 14.6 Å². The van der Waals surface area contributed by atoms with E-state index in [0.717, 1.165) is 5.56 Å². The molecule has 0 bridgehead atoms. The van der Waals surface area contributed by atoms with Crippen LogP contribution in [0.1, 0.15) is 15.9 Å². The number of methoxy groups -OCH3 is 1. The Kier molecular flexibility index (Phi) is 4.35. The van der Waals surface area contributed by atoms with Crippen LogP contribution in [0.5, 0.6) is 5.75 Å². The number of carboxylic acid groups (broad SMARTS) is 1. The van der Waals surface area contributed by atoms with Crippen LogP contribution < -0.4 is 4.74 Å². The van der Waals surface area contributed by atoms with Gasteiger partial charge in [0.25, 0.3) is 0 Å². The normalized spacial score (nSPS) is 10.2. The summed E-state index contributed by atoms with van der Waals surface area (Å²) in [5, 5.41) is 9.63. The molecule has 2 aromatic rings. The molecule has 0 aliphatic heterocycles. The lowest BCUT2D eigenvalue weighted by molar-refractivity contribution is 0.0696. The summed E-state index contributed by atoms with van der Waals surface area (Å²) in [4.78, 5) is 19.2. The lowest BCUT2D eigenvalue weighted by Gasteiger charge is -2.08. The minimum atomic E-state index is -0.954. The zero-order chi connectivity index (χ0) is 13.7. The summed E-state index contributed by atoms with van der Waals surface area (Å²) in [5.74, 6) is 0.257. The van der Waals surface area contributed by atoms with Gasteiger partial charge in [0.05, 0.1) is 12.7 Å². The van der Waals surface area contributed by atoms with Crippen LogP contribution in [0, 0.1) is 0 Å². The fraction of sp³-hybridized carbons (Fsp3) is 0.154. The van der Waals surface area contributed by atoms with E-state index in [1.807, 2.05) is 0 Å². The summed E-state index contributed by atoms with van der Waals surface area (Å²) in [6, 6.07) is 6.53. The molecule has 0 fully saturated rings. The van der Waals surface area contributed by atoms with Gasteiger partial charge in [-0.05, 0) is 24.3 Å². The van der Waals surface area contributed by atoms with Crippen molar-refractivity contribution in [2.75, 3.05) is 7.11 Å². The van der Waals surface area contributed by atoms with Gasteiger partial charge in [0.1, 0.15) is 5.75 Å². The summed E-state index contributed by atoms with van der Waals surface area (Å²) < 4.78 is 5.22. The van der Waals surface area contributed by atoms with Gasteiger partial charge in [-0.3, -0.25) is 0 Å². The number of rotatable bonds is 5. The van der Waals surface area contributed by atoms with Crippen LogP contribution in [0.15, 0.2) is 41.8 Å². The molecular weight excluding hydrogens is 264 g/mol. The highest BCUT2D eigenvalue weighted by Gasteiger charge is 2.10. The van der Waals surface area contributed by atoms with Crippen LogP contribution in [-0.4, -0.2) is 28.2 Å².